The van der Waals surface area contributed by atoms with Crippen molar-refractivity contribution in [2.45, 2.75) is 13.0 Å². The predicted octanol–water partition coefficient (Wildman–Crippen LogP) is 3.01. The first kappa shape index (κ1) is 21.4. The van der Waals surface area contributed by atoms with Gasteiger partial charge in [0.25, 0.3) is 11.6 Å². The van der Waals surface area contributed by atoms with Gasteiger partial charge in [0, 0.05) is 31.3 Å². The summed E-state index contributed by atoms with van der Waals surface area (Å²) in [4.78, 5) is 25.3. The number of benzene rings is 2. The molecule has 0 radical (unpaired) electrons. The normalized spacial score (nSPS) is 13.9. The summed E-state index contributed by atoms with van der Waals surface area (Å²) in [6.07, 6.45) is 0.467. The van der Waals surface area contributed by atoms with Gasteiger partial charge in [0.1, 0.15) is 11.4 Å². The molecule has 1 fully saturated rings. The van der Waals surface area contributed by atoms with E-state index in [1.54, 1.807) is 24.3 Å². The Balaban J connectivity index is 1.59. The second kappa shape index (κ2) is 9.97. The standard InChI is InChI=1S/C20H21F2N3O5/c21-20(22)30-16-4-1-14(2-5-16)7-8-23-19(26)15-3-6-17(18(13-15)25(27)28)24-9-11-29-12-10-24/h1-6,13,20H,7-12H2,(H,23,26). The first-order valence-corrected chi connectivity index (χ1v) is 9.37. The van der Waals surface area contributed by atoms with E-state index in [2.05, 4.69) is 10.1 Å². The summed E-state index contributed by atoms with van der Waals surface area (Å²) in [6.45, 7) is -0.508. The SMILES string of the molecule is O=C(NCCc1ccc(OC(F)F)cc1)c1ccc(N2CCOCC2)c([N+](=O)[O-])c1. The maximum atomic E-state index is 12.4. The second-order valence-electron chi connectivity index (χ2n) is 6.59. The minimum Gasteiger partial charge on any atom is -0.435 e. The zero-order valence-electron chi connectivity index (χ0n) is 16.1. The highest BCUT2D eigenvalue weighted by Gasteiger charge is 2.23. The molecule has 1 heterocycles. The van der Waals surface area contributed by atoms with Gasteiger partial charge in [-0.2, -0.15) is 8.78 Å². The Bertz CT molecular complexity index is 887. The van der Waals surface area contributed by atoms with E-state index in [0.29, 0.717) is 38.4 Å². The molecule has 1 N–H and O–H groups in total. The Labute approximate surface area is 171 Å². The van der Waals surface area contributed by atoms with Crippen molar-refractivity contribution in [2.75, 3.05) is 37.7 Å². The van der Waals surface area contributed by atoms with Crippen LogP contribution in [0.1, 0.15) is 15.9 Å². The maximum absolute atomic E-state index is 12.4. The van der Waals surface area contributed by atoms with Crippen molar-refractivity contribution in [3.05, 3.63) is 63.7 Å². The van der Waals surface area contributed by atoms with Crippen LogP contribution in [0.3, 0.4) is 0 Å². The number of halogens is 2. The third-order valence-electron chi connectivity index (χ3n) is 4.63. The number of nitrogens with one attached hydrogen (secondary N) is 1. The number of nitrogens with zero attached hydrogens (tertiary/aromatic N) is 2. The minimum absolute atomic E-state index is 0.0606. The Hall–Kier alpha value is -3.27. The number of carbonyl (C=O) groups excluding carboxylic acids is 1. The average molecular weight is 421 g/mol. The summed E-state index contributed by atoms with van der Waals surface area (Å²) >= 11 is 0. The van der Waals surface area contributed by atoms with Crippen molar-refractivity contribution < 1.29 is 28.0 Å². The van der Waals surface area contributed by atoms with E-state index in [-0.39, 0.29) is 23.5 Å². The number of hydrogen-bond acceptors (Lipinski definition) is 6. The van der Waals surface area contributed by atoms with Gasteiger partial charge in [-0.1, -0.05) is 12.1 Å². The molecule has 0 atom stereocenters. The van der Waals surface area contributed by atoms with E-state index < -0.39 is 17.4 Å². The van der Waals surface area contributed by atoms with Crippen molar-refractivity contribution in [1.82, 2.24) is 5.32 Å². The van der Waals surface area contributed by atoms with Crippen LogP contribution < -0.4 is 15.0 Å². The molecule has 2 aromatic carbocycles. The van der Waals surface area contributed by atoms with Crippen LogP contribution in [0.2, 0.25) is 0 Å². The molecule has 0 aromatic heterocycles. The van der Waals surface area contributed by atoms with Crippen LogP contribution in [0.5, 0.6) is 5.75 Å². The van der Waals surface area contributed by atoms with Gasteiger partial charge in [-0.15, -0.1) is 0 Å². The van der Waals surface area contributed by atoms with Gasteiger partial charge >= 0.3 is 6.61 Å². The van der Waals surface area contributed by atoms with Crippen molar-refractivity contribution in [2.24, 2.45) is 0 Å². The van der Waals surface area contributed by atoms with Crippen LogP contribution in [-0.4, -0.2) is 50.3 Å². The molecular formula is C20H21F2N3O5. The lowest BCUT2D eigenvalue weighted by Gasteiger charge is -2.28. The monoisotopic (exact) mass is 421 g/mol. The number of rotatable bonds is 8. The summed E-state index contributed by atoms with van der Waals surface area (Å²) in [5.74, 6) is -0.366. The third-order valence-corrected chi connectivity index (χ3v) is 4.63. The van der Waals surface area contributed by atoms with Crippen molar-refractivity contribution >= 4 is 17.3 Å². The van der Waals surface area contributed by atoms with Gasteiger partial charge in [0.05, 0.1) is 18.1 Å². The summed E-state index contributed by atoms with van der Waals surface area (Å²) < 4.78 is 33.9. The number of hydrogen-bond donors (Lipinski definition) is 1. The number of anilines is 1. The van der Waals surface area contributed by atoms with E-state index in [4.69, 9.17) is 4.74 Å². The largest absolute Gasteiger partial charge is 0.435 e. The number of carbonyl (C=O) groups is 1. The molecule has 1 aliphatic rings. The molecule has 1 saturated heterocycles. The van der Waals surface area contributed by atoms with Crippen LogP contribution >= 0.6 is 0 Å². The molecule has 0 aliphatic carbocycles. The van der Waals surface area contributed by atoms with Crippen LogP contribution in [-0.2, 0) is 11.2 Å². The van der Waals surface area contributed by atoms with Gasteiger partial charge in [-0.05, 0) is 36.2 Å². The lowest BCUT2D eigenvalue weighted by Crippen LogP contribution is -2.36. The molecule has 3 rings (SSSR count). The lowest BCUT2D eigenvalue weighted by molar-refractivity contribution is -0.384. The predicted molar refractivity (Wildman–Crippen MR) is 105 cm³/mol. The Morgan fingerprint density at radius 2 is 1.90 bits per heavy atom. The van der Waals surface area contributed by atoms with Gasteiger partial charge in [-0.3, -0.25) is 14.9 Å². The summed E-state index contributed by atoms with van der Waals surface area (Å²) in [7, 11) is 0. The zero-order valence-corrected chi connectivity index (χ0v) is 16.1. The van der Waals surface area contributed by atoms with E-state index >= 15 is 0 Å². The van der Waals surface area contributed by atoms with Gasteiger partial charge in [0.15, 0.2) is 0 Å². The fraction of sp³-hybridized carbons (Fsp3) is 0.350. The summed E-state index contributed by atoms with van der Waals surface area (Å²) in [5, 5.41) is 14.2. The number of amides is 1. The number of nitro benzene ring substituents is 1. The third kappa shape index (κ3) is 5.63. The maximum Gasteiger partial charge on any atom is 0.387 e. The Kier molecular flexibility index (Phi) is 7.12. The van der Waals surface area contributed by atoms with E-state index in [1.165, 1.54) is 18.2 Å². The molecule has 2 aromatic rings. The quantitative estimate of drug-likeness (QED) is 0.520. The van der Waals surface area contributed by atoms with Gasteiger partial charge in [-0.25, -0.2) is 0 Å². The molecular weight excluding hydrogens is 400 g/mol. The molecule has 1 amide bonds. The fourth-order valence-corrected chi connectivity index (χ4v) is 3.14. The highest BCUT2D eigenvalue weighted by molar-refractivity contribution is 5.95. The molecule has 0 spiro atoms. The lowest BCUT2D eigenvalue weighted by atomic mass is 10.1. The number of nitro groups is 1. The van der Waals surface area contributed by atoms with Crippen LogP contribution in [0.25, 0.3) is 0 Å². The second-order valence-corrected chi connectivity index (χ2v) is 6.59. The first-order valence-electron chi connectivity index (χ1n) is 9.37. The molecule has 0 bridgehead atoms. The van der Waals surface area contributed by atoms with Crippen molar-refractivity contribution in [3.63, 3.8) is 0 Å². The highest BCUT2D eigenvalue weighted by Crippen LogP contribution is 2.30. The molecule has 0 unspecified atom stereocenters. The summed E-state index contributed by atoms with van der Waals surface area (Å²) in [5.41, 5.74) is 1.36. The topological polar surface area (TPSA) is 93.9 Å². The van der Waals surface area contributed by atoms with Crippen LogP contribution in [0, 0.1) is 10.1 Å². The smallest absolute Gasteiger partial charge is 0.387 e. The van der Waals surface area contributed by atoms with Crippen molar-refractivity contribution in [3.8, 4) is 5.75 Å². The number of morpholine rings is 1. The molecule has 8 nitrogen and oxygen atoms in total. The summed E-state index contributed by atoms with van der Waals surface area (Å²) in [6, 6.07) is 10.5. The van der Waals surface area contributed by atoms with E-state index in [0.717, 1.165) is 5.56 Å². The number of alkyl halides is 2. The zero-order chi connectivity index (χ0) is 21.5. The van der Waals surface area contributed by atoms with E-state index in [1.807, 2.05) is 4.90 Å². The van der Waals surface area contributed by atoms with Gasteiger partial charge in [0.2, 0.25) is 0 Å². The minimum atomic E-state index is -2.88. The number of ether oxygens (including phenoxy) is 2. The molecule has 160 valence electrons. The first-order chi connectivity index (χ1) is 14.4. The molecule has 10 heteroatoms. The average Bonchev–Trinajstić information content (AvgIpc) is 2.74. The molecule has 0 saturated carbocycles. The van der Waals surface area contributed by atoms with E-state index in [9.17, 15) is 23.7 Å². The van der Waals surface area contributed by atoms with Crippen molar-refractivity contribution in [1.29, 1.82) is 0 Å². The Morgan fingerprint density at radius 3 is 2.53 bits per heavy atom. The highest BCUT2D eigenvalue weighted by atomic mass is 19.3. The Morgan fingerprint density at radius 1 is 1.20 bits per heavy atom. The van der Waals surface area contributed by atoms with Crippen LogP contribution in [0.4, 0.5) is 20.2 Å². The molecule has 1 aliphatic heterocycles. The molecule has 30 heavy (non-hydrogen) atoms. The fourth-order valence-electron chi connectivity index (χ4n) is 3.14. The van der Waals surface area contributed by atoms with Crippen LogP contribution in [0.15, 0.2) is 42.5 Å². The van der Waals surface area contributed by atoms with Gasteiger partial charge < -0.3 is 19.7 Å².